The van der Waals surface area contributed by atoms with Gasteiger partial charge in [-0.3, -0.25) is 0 Å². The Labute approximate surface area is 182 Å². The van der Waals surface area contributed by atoms with E-state index in [0.29, 0.717) is 23.3 Å². The standard InChI is InChI=1S/C28H38O2/c1-3-28(2,22-14-16-26(29)24(18-22)20-10-6-4-7-11-20)23-15-17-27(30)25(19-23)21-12-8-5-9-13-21/h14-21,29-30H,3-13H2,1-2H3. The van der Waals surface area contributed by atoms with Gasteiger partial charge in [-0.2, -0.15) is 0 Å². The zero-order valence-electron chi connectivity index (χ0n) is 18.8. The average molecular weight is 407 g/mol. The first-order valence-corrected chi connectivity index (χ1v) is 12.2. The van der Waals surface area contributed by atoms with Gasteiger partial charge in [-0.05, 0) is 78.3 Å². The molecule has 2 heteroatoms. The summed E-state index contributed by atoms with van der Waals surface area (Å²) in [4.78, 5) is 0. The SMILES string of the molecule is CCC(C)(c1ccc(O)c(C2CCCCC2)c1)c1ccc(O)c(C2CCCCC2)c1. The third-order valence-electron chi connectivity index (χ3n) is 8.13. The minimum Gasteiger partial charge on any atom is -0.508 e. The number of rotatable bonds is 5. The average Bonchev–Trinajstić information content (AvgIpc) is 2.80. The second kappa shape index (κ2) is 9.04. The van der Waals surface area contributed by atoms with Crippen molar-refractivity contribution in [1.29, 1.82) is 0 Å². The van der Waals surface area contributed by atoms with E-state index in [9.17, 15) is 10.2 Å². The summed E-state index contributed by atoms with van der Waals surface area (Å²) in [6.45, 7) is 4.57. The minimum absolute atomic E-state index is 0.131. The highest BCUT2D eigenvalue weighted by molar-refractivity contribution is 5.49. The van der Waals surface area contributed by atoms with Gasteiger partial charge in [0.25, 0.3) is 0 Å². The van der Waals surface area contributed by atoms with Gasteiger partial charge in [0.2, 0.25) is 0 Å². The quantitative estimate of drug-likeness (QED) is 0.529. The molecule has 0 radical (unpaired) electrons. The van der Waals surface area contributed by atoms with Crippen LogP contribution in [-0.4, -0.2) is 10.2 Å². The number of phenolic OH excluding ortho intramolecular Hbond substituents is 2. The van der Waals surface area contributed by atoms with Crippen molar-refractivity contribution in [3.8, 4) is 11.5 Å². The predicted octanol–water partition coefficient (Wildman–Crippen LogP) is 7.91. The van der Waals surface area contributed by atoms with Crippen LogP contribution >= 0.6 is 0 Å². The molecule has 0 heterocycles. The topological polar surface area (TPSA) is 40.5 Å². The summed E-state index contributed by atoms with van der Waals surface area (Å²) >= 11 is 0. The molecule has 0 unspecified atom stereocenters. The van der Waals surface area contributed by atoms with Crippen molar-refractivity contribution < 1.29 is 10.2 Å². The fourth-order valence-corrected chi connectivity index (χ4v) is 5.85. The summed E-state index contributed by atoms with van der Waals surface area (Å²) in [5, 5.41) is 21.2. The summed E-state index contributed by atoms with van der Waals surface area (Å²) in [6.07, 6.45) is 13.4. The van der Waals surface area contributed by atoms with Crippen LogP contribution < -0.4 is 0 Å². The maximum atomic E-state index is 10.6. The smallest absolute Gasteiger partial charge is 0.119 e. The second-order valence-electron chi connectivity index (χ2n) is 9.90. The van der Waals surface area contributed by atoms with Gasteiger partial charge >= 0.3 is 0 Å². The minimum atomic E-state index is -0.131. The lowest BCUT2D eigenvalue weighted by atomic mass is 9.71. The summed E-state index contributed by atoms with van der Waals surface area (Å²) in [7, 11) is 0. The van der Waals surface area contributed by atoms with E-state index >= 15 is 0 Å². The summed E-state index contributed by atoms with van der Waals surface area (Å²) in [6, 6.07) is 12.6. The summed E-state index contributed by atoms with van der Waals surface area (Å²) in [5.41, 5.74) is 4.71. The Morgan fingerprint density at radius 1 is 0.700 bits per heavy atom. The van der Waals surface area contributed by atoms with Crippen molar-refractivity contribution in [2.45, 2.75) is 102 Å². The number of aromatic hydroxyl groups is 2. The monoisotopic (exact) mass is 406 g/mol. The van der Waals surface area contributed by atoms with Crippen LogP contribution in [0.25, 0.3) is 0 Å². The molecule has 30 heavy (non-hydrogen) atoms. The van der Waals surface area contributed by atoms with Crippen molar-refractivity contribution in [1.82, 2.24) is 0 Å². The molecule has 2 saturated carbocycles. The van der Waals surface area contributed by atoms with E-state index in [0.717, 1.165) is 17.5 Å². The first-order valence-electron chi connectivity index (χ1n) is 12.2. The lowest BCUT2D eigenvalue weighted by molar-refractivity contribution is 0.411. The number of benzene rings is 2. The molecule has 0 amide bonds. The molecule has 2 nitrogen and oxygen atoms in total. The Kier molecular flexibility index (Phi) is 6.41. The zero-order chi connectivity index (χ0) is 21.1. The van der Waals surface area contributed by atoms with Gasteiger partial charge in [-0.25, -0.2) is 0 Å². The molecule has 2 fully saturated rings. The highest BCUT2D eigenvalue weighted by Gasteiger charge is 2.31. The Morgan fingerprint density at radius 2 is 1.10 bits per heavy atom. The van der Waals surface area contributed by atoms with Crippen LogP contribution in [0.15, 0.2) is 36.4 Å². The molecule has 0 saturated heterocycles. The molecule has 0 aromatic heterocycles. The van der Waals surface area contributed by atoms with E-state index in [1.165, 1.54) is 75.3 Å². The molecule has 0 spiro atoms. The van der Waals surface area contributed by atoms with E-state index in [2.05, 4.69) is 38.1 Å². The fourth-order valence-electron chi connectivity index (χ4n) is 5.85. The van der Waals surface area contributed by atoms with Crippen LogP contribution in [0.2, 0.25) is 0 Å². The van der Waals surface area contributed by atoms with E-state index < -0.39 is 0 Å². The second-order valence-corrected chi connectivity index (χ2v) is 9.90. The van der Waals surface area contributed by atoms with E-state index in [1.54, 1.807) is 0 Å². The van der Waals surface area contributed by atoms with Crippen molar-refractivity contribution in [3.05, 3.63) is 58.7 Å². The molecule has 2 N–H and O–H groups in total. The molecule has 2 aromatic carbocycles. The van der Waals surface area contributed by atoms with Gasteiger partial charge < -0.3 is 10.2 Å². The molecule has 2 aromatic rings. The maximum absolute atomic E-state index is 10.6. The molecule has 4 rings (SSSR count). The van der Waals surface area contributed by atoms with Crippen molar-refractivity contribution in [3.63, 3.8) is 0 Å². The van der Waals surface area contributed by atoms with Crippen LogP contribution in [0.1, 0.15) is 119 Å². The Hall–Kier alpha value is -1.96. The molecular formula is C28H38O2. The van der Waals surface area contributed by atoms with E-state index in [-0.39, 0.29) is 5.41 Å². The first-order chi connectivity index (χ1) is 14.5. The van der Waals surface area contributed by atoms with Crippen LogP contribution in [0.5, 0.6) is 11.5 Å². The largest absolute Gasteiger partial charge is 0.508 e. The number of phenols is 2. The molecule has 2 aliphatic rings. The molecule has 0 atom stereocenters. The highest BCUT2D eigenvalue weighted by Crippen LogP contribution is 2.44. The zero-order valence-corrected chi connectivity index (χ0v) is 18.8. The number of hydrogen-bond acceptors (Lipinski definition) is 2. The Bertz CT molecular complexity index is 789. The lowest BCUT2D eigenvalue weighted by Gasteiger charge is -2.33. The van der Waals surface area contributed by atoms with Crippen molar-refractivity contribution >= 4 is 0 Å². The van der Waals surface area contributed by atoms with Crippen molar-refractivity contribution in [2.24, 2.45) is 0 Å². The lowest BCUT2D eigenvalue weighted by Crippen LogP contribution is -2.23. The van der Waals surface area contributed by atoms with E-state index in [4.69, 9.17) is 0 Å². The van der Waals surface area contributed by atoms with Gasteiger partial charge in [0, 0.05) is 5.41 Å². The Balaban J connectivity index is 1.71. The van der Waals surface area contributed by atoms with Gasteiger partial charge in [0.1, 0.15) is 11.5 Å². The molecule has 2 aliphatic carbocycles. The van der Waals surface area contributed by atoms with Gasteiger partial charge in [0.15, 0.2) is 0 Å². The van der Waals surface area contributed by atoms with Gasteiger partial charge in [0.05, 0.1) is 0 Å². The predicted molar refractivity (Wildman–Crippen MR) is 125 cm³/mol. The number of hydrogen-bond donors (Lipinski definition) is 2. The molecular weight excluding hydrogens is 368 g/mol. The van der Waals surface area contributed by atoms with Crippen LogP contribution in [-0.2, 0) is 5.41 Å². The van der Waals surface area contributed by atoms with Gasteiger partial charge in [-0.1, -0.05) is 76.6 Å². The van der Waals surface area contributed by atoms with Crippen LogP contribution in [0.3, 0.4) is 0 Å². The summed E-state index contributed by atoms with van der Waals surface area (Å²) < 4.78 is 0. The normalized spacial score (nSPS) is 19.1. The molecule has 0 aliphatic heterocycles. The molecule has 162 valence electrons. The first kappa shape index (κ1) is 21.3. The van der Waals surface area contributed by atoms with Crippen LogP contribution in [0, 0.1) is 0 Å². The third-order valence-corrected chi connectivity index (χ3v) is 8.13. The van der Waals surface area contributed by atoms with Crippen molar-refractivity contribution in [2.75, 3.05) is 0 Å². The third kappa shape index (κ3) is 4.11. The Morgan fingerprint density at radius 3 is 1.47 bits per heavy atom. The van der Waals surface area contributed by atoms with Gasteiger partial charge in [-0.15, -0.1) is 0 Å². The highest BCUT2D eigenvalue weighted by atomic mass is 16.3. The van der Waals surface area contributed by atoms with Crippen LogP contribution in [0.4, 0.5) is 0 Å². The maximum Gasteiger partial charge on any atom is 0.119 e. The summed E-state index contributed by atoms with van der Waals surface area (Å²) in [5.74, 6) is 1.88. The molecule has 0 bridgehead atoms. The fraction of sp³-hybridized carbons (Fsp3) is 0.571. The van der Waals surface area contributed by atoms with E-state index in [1.807, 2.05) is 12.1 Å².